The standard InChI is InChI=1S/C16H22N4S/c1-11-7-14-15(18-10-19-16(14)21-11)20(8-12-4-5-12)9-13-3-2-6-17-13/h7,10,12-13,17H,2-6,8-9H2,1H3. The van der Waals surface area contributed by atoms with Crippen molar-refractivity contribution in [2.75, 3.05) is 24.5 Å². The maximum Gasteiger partial charge on any atom is 0.140 e. The van der Waals surface area contributed by atoms with Gasteiger partial charge in [0, 0.05) is 24.0 Å². The molecule has 1 aliphatic carbocycles. The van der Waals surface area contributed by atoms with Gasteiger partial charge in [-0.15, -0.1) is 11.3 Å². The Labute approximate surface area is 129 Å². The number of aryl methyl sites for hydroxylation is 1. The molecule has 1 saturated heterocycles. The Bertz CT molecular complexity index is 628. The van der Waals surface area contributed by atoms with Gasteiger partial charge in [0.1, 0.15) is 17.0 Å². The number of nitrogens with one attached hydrogen (secondary N) is 1. The summed E-state index contributed by atoms with van der Waals surface area (Å²) in [5, 5.41) is 4.86. The van der Waals surface area contributed by atoms with Crippen LogP contribution in [0.25, 0.3) is 10.2 Å². The molecule has 1 saturated carbocycles. The summed E-state index contributed by atoms with van der Waals surface area (Å²) >= 11 is 1.77. The van der Waals surface area contributed by atoms with Gasteiger partial charge < -0.3 is 10.2 Å². The normalized spacial score (nSPS) is 22.0. The van der Waals surface area contributed by atoms with Crippen LogP contribution in [0.15, 0.2) is 12.4 Å². The molecule has 0 bridgehead atoms. The van der Waals surface area contributed by atoms with Crippen LogP contribution in [0, 0.1) is 12.8 Å². The molecule has 1 aliphatic heterocycles. The van der Waals surface area contributed by atoms with Gasteiger partial charge in [0.25, 0.3) is 0 Å². The topological polar surface area (TPSA) is 41.0 Å². The monoisotopic (exact) mass is 302 g/mol. The Morgan fingerprint density at radius 3 is 2.95 bits per heavy atom. The van der Waals surface area contributed by atoms with Crippen LogP contribution >= 0.6 is 11.3 Å². The lowest BCUT2D eigenvalue weighted by Gasteiger charge is -2.27. The lowest BCUT2D eigenvalue weighted by Crippen LogP contribution is -2.39. The summed E-state index contributed by atoms with van der Waals surface area (Å²) in [7, 11) is 0. The third-order valence-electron chi connectivity index (χ3n) is 4.51. The first-order valence-electron chi connectivity index (χ1n) is 7.99. The molecule has 1 atom stereocenters. The maximum atomic E-state index is 4.64. The van der Waals surface area contributed by atoms with Crippen LogP contribution in [0.4, 0.5) is 5.82 Å². The molecule has 4 rings (SSSR count). The Kier molecular flexibility index (Phi) is 3.55. The van der Waals surface area contributed by atoms with E-state index in [0.717, 1.165) is 29.7 Å². The van der Waals surface area contributed by atoms with E-state index in [0.29, 0.717) is 6.04 Å². The maximum absolute atomic E-state index is 4.64. The van der Waals surface area contributed by atoms with E-state index in [1.165, 1.54) is 42.5 Å². The smallest absolute Gasteiger partial charge is 0.140 e. The predicted octanol–water partition coefficient (Wildman–Crippen LogP) is 2.97. The van der Waals surface area contributed by atoms with Gasteiger partial charge in [-0.2, -0.15) is 0 Å². The quantitative estimate of drug-likeness (QED) is 0.922. The van der Waals surface area contributed by atoms with Crippen molar-refractivity contribution < 1.29 is 0 Å². The average Bonchev–Trinajstić information content (AvgIpc) is 2.98. The molecule has 0 aromatic carbocycles. The van der Waals surface area contributed by atoms with Crippen LogP contribution in [-0.2, 0) is 0 Å². The van der Waals surface area contributed by atoms with Crippen molar-refractivity contribution >= 4 is 27.4 Å². The van der Waals surface area contributed by atoms with Crippen molar-refractivity contribution in [2.45, 2.75) is 38.6 Å². The SMILES string of the molecule is Cc1cc2c(N(CC3CC3)CC3CCCN3)ncnc2s1. The van der Waals surface area contributed by atoms with Gasteiger partial charge in [0.2, 0.25) is 0 Å². The highest BCUT2D eigenvalue weighted by Crippen LogP contribution is 2.34. The molecular formula is C16H22N4S. The number of hydrogen-bond acceptors (Lipinski definition) is 5. The van der Waals surface area contributed by atoms with Crippen LogP contribution < -0.4 is 10.2 Å². The Balaban J connectivity index is 1.65. The third-order valence-corrected chi connectivity index (χ3v) is 5.47. The van der Waals surface area contributed by atoms with Gasteiger partial charge in [-0.1, -0.05) is 0 Å². The van der Waals surface area contributed by atoms with Crippen molar-refractivity contribution in [1.29, 1.82) is 0 Å². The molecule has 0 amide bonds. The third kappa shape index (κ3) is 2.90. The summed E-state index contributed by atoms with van der Waals surface area (Å²) in [6.07, 6.45) is 7.09. The summed E-state index contributed by atoms with van der Waals surface area (Å²) in [5.41, 5.74) is 0. The fourth-order valence-corrected chi connectivity index (χ4v) is 4.10. The lowest BCUT2D eigenvalue weighted by molar-refractivity contribution is 0.568. The van der Waals surface area contributed by atoms with Crippen LogP contribution in [-0.4, -0.2) is 35.6 Å². The van der Waals surface area contributed by atoms with Gasteiger partial charge in [-0.25, -0.2) is 9.97 Å². The van der Waals surface area contributed by atoms with Crippen molar-refractivity contribution in [3.05, 3.63) is 17.3 Å². The summed E-state index contributed by atoms with van der Waals surface area (Å²) < 4.78 is 0. The summed E-state index contributed by atoms with van der Waals surface area (Å²) in [4.78, 5) is 14.0. The minimum absolute atomic E-state index is 0.619. The molecule has 3 heterocycles. The second kappa shape index (κ2) is 5.54. The highest BCUT2D eigenvalue weighted by Gasteiger charge is 2.28. The van der Waals surface area contributed by atoms with Gasteiger partial charge in [-0.05, 0) is 51.1 Å². The van der Waals surface area contributed by atoms with E-state index in [4.69, 9.17) is 0 Å². The molecule has 2 aromatic rings. The van der Waals surface area contributed by atoms with Crippen LogP contribution in [0.3, 0.4) is 0 Å². The zero-order valence-electron chi connectivity index (χ0n) is 12.5. The van der Waals surface area contributed by atoms with Crippen molar-refractivity contribution in [1.82, 2.24) is 15.3 Å². The molecule has 5 heteroatoms. The summed E-state index contributed by atoms with van der Waals surface area (Å²) in [6, 6.07) is 2.87. The number of nitrogens with zero attached hydrogens (tertiary/aromatic N) is 3. The average molecular weight is 302 g/mol. The zero-order valence-corrected chi connectivity index (χ0v) is 13.3. The Morgan fingerprint density at radius 2 is 2.19 bits per heavy atom. The number of thiophene rings is 1. The van der Waals surface area contributed by atoms with Gasteiger partial charge in [0.05, 0.1) is 5.39 Å². The number of hydrogen-bond donors (Lipinski definition) is 1. The summed E-state index contributed by atoms with van der Waals surface area (Å²) in [5.74, 6) is 2.01. The number of fused-ring (bicyclic) bond motifs is 1. The predicted molar refractivity (Wildman–Crippen MR) is 88.1 cm³/mol. The van der Waals surface area contributed by atoms with E-state index >= 15 is 0 Å². The van der Waals surface area contributed by atoms with Gasteiger partial charge >= 0.3 is 0 Å². The molecule has 112 valence electrons. The minimum atomic E-state index is 0.619. The summed E-state index contributed by atoms with van der Waals surface area (Å²) in [6.45, 7) is 5.55. The molecule has 1 unspecified atom stereocenters. The molecule has 1 N–H and O–H groups in total. The molecule has 4 nitrogen and oxygen atoms in total. The Morgan fingerprint density at radius 1 is 1.29 bits per heavy atom. The first kappa shape index (κ1) is 13.5. The van der Waals surface area contributed by atoms with Crippen LogP contribution in [0.5, 0.6) is 0 Å². The van der Waals surface area contributed by atoms with E-state index in [1.807, 2.05) is 0 Å². The molecular weight excluding hydrogens is 280 g/mol. The molecule has 2 aliphatic rings. The first-order valence-corrected chi connectivity index (χ1v) is 8.81. The van der Waals surface area contributed by atoms with Gasteiger partial charge in [0.15, 0.2) is 0 Å². The first-order chi connectivity index (χ1) is 10.3. The molecule has 2 aromatic heterocycles. The van der Waals surface area contributed by atoms with E-state index in [2.05, 4.69) is 33.2 Å². The molecule has 21 heavy (non-hydrogen) atoms. The van der Waals surface area contributed by atoms with E-state index < -0.39 is 0 Å². The van der Waals surface area contributed by atoms with E-state index in [-0.39, 0.29) is 0 Å². The van der Waals surface area contributed by atoms with E-state index in [9.17, 15) is 0 Å². The molecule has 2 fully saturated rings. The minimum Gasteiger partial charge on any atom is -0.354 e. The lowest BCUT2D eigenvalue weighted by atomic mass is 10.2. The van der Waals surface area contributed by atoms with Crippen molar-refractivity contribution in [3.63, 3.8) is 0 Å². The van der Waals surface area contributed by atoms with Crippen molar-refractivity contribution in [2.24, 2.45) is 5.92 Å². The van der Waals surface area contributed by atoms with Crippen LogP contribution in [0.1, 0.15) is 30.6 Å². The van der Waals surface area contributed by atoms with E-state index in [1.54, 1.807) is 17.7 Å². The molecule has 0 spiro atoms. The number of aromatic nitrogens is 2. The number of anilines is 1. The fourth-order valence-electron chi connectivity index (χ4n) is 3.25. The van der Waals surface area contributed by atoms with Crippen LogP contribution in [0.2, 0.25) is 0 Å². The molecule has 0 radical (unpaired) electrons. The highest BCUT2D eigenvalue weighted by molar-refractivity contribution is 7.18. The zero-order chi connectivity index (χ0) is 14.2. The largest absolute Gasteiger partial charge is 0.354 e. The highest BCUT2D eigenvalue weighted by atomic mass is 32.1. The second-order valence-electron chi connectivity index (χ2n) is 6.41. The number of rotatable bonds is 5. The Hall–Kier alpha value is -1.20. The fraction of sp³-hybridized carbons (Fsp3) is 0.625. The van der Waals surface area contributed by atoms with Gasteiger partial charge in [-0.3, -0.25) is 0 Å². The second-order valence-corrected chi connectivity index (χ2v) is 7.65. The van der Waals surface area contributed by atoms with Crippen molar-refractivity contribution in [3.8, 4) is 0 Å².